The summed E-state index contributed by atoms with van der Waals surface area (Å²) in [4.78, 5) is 8.80. The summed E-state index contributed by atoms with van der Waals surface area (Å²) in [6.45, 7) is 1.92. The summed E-state index contributed by atoms with van der Waals surface area (Å²) in [5, 5.41) is 1.50. The van der Waals surface area contributed by atoms with E-state index in [-0.39, 0.29) is 5.49 Å². The van der Waals surface area contributed by atoms with Crippen molar-refractivity contribution in [1.82, 2.24) is 4.48 Å². The van der Waals surface area contributed by atoms with Crippen molar-refractivity contribution in [1.29, 1.82) is 0 Å². The molecule has 3 nitrogen and oxygen atoms in total. The molecule has 0 atom stereocenters. The lowest BCUT2D eigenvalue weighted by molar-refractivity contribution is 0.622. The molecular formula is C20H18BF2N3. The molecule has 0 saturated carbocycles. The molecule has 0 unspecified atom stereocenters. The van der Waals surface area contributed by atoms with Crippen molar-refractivity contribution >= 4 is 30.1 Å². The molecule has 0 bridgehead atoms. The predicted octanol–water partition coefficient (Wildman–Crippen LogP) is 4.42. The summed E-state index contributed by atoms with van der Waals surface area (Å²) in [5.41, 5.74) is 1.92. The maximum Gasteiger partial charge on any atom is 0.678 e. The highest BCUT2D eigenvalue weighted by Crippen LogP contribution is 2.14. The molecule has 0 amide bonds. The minimum Gasteiger partial charge on any atom is -0.316 e. The summed E-state index contributed by atoms with van der Waals surface area (Å²) >= 11 is 0. The fourth-order valence-electron chi connectivity index (χ4n) is 2.85. The molecule has 1 aromatic heterocycles. The second kappa shape index (κ2) is 7.91. The molecule has 1 heterocycles. The Morgan fingerprint density at radius 3 is 2.50 bits per heavy atom. The molecule has 130 valence electrons. The first kappa shape index (κ1) is 17.8. The molecule has 0 fully saturated rings. The van der Waals surface area contributed by atoms with Crippen LogP contribution in [0.4, 0.5) is 8.63 Å². The average Bonchev–Trinajstić information content (AvgIpc) is 2.66. The van der Waals surface area contributed by atoms with Crippen molar-refractivity contribution in [2.45, 2.75) is 6.92 Å². The van der Waals surface area contributed by atoms with Gasteiger partial charge in [0.05, 0.1) is 0 Å². The molecular weight excluding hydrogens is 331 g/mol. The topological polar surface area (TPSA) is 29.6 Å². The van der Waals surface area contributed by atoms with Crippen molar-refractivity contribution < 1.29 is 8.63 Å². The molecule has 26 heavy (non-hydrogen) atoms. The van der Waals surface area contributed by atoms with Crippen LogP contribution in [0.5, 0.6) is 0 Å². The van der Waals surface area contributed by atoms with Gasteiger partial charge in [0, 0.05) is 18.0 Å². The second-order valence-electron chi connectivity index (χ2n) is 5.66. The summed E-state index contributed by atoms with van der Waals surface area (Å²) in [6, 6.07) is 16.6. The van der Waals surface area contributed by atoms with E-state index >= 15 is 0 Å². The third-order valence-corrected chi connectivity index (χ3v) is 4.04. The number of nitrogens with zero attached hydrogens (tertiary/aromatic N) is 3. The van der Waals surface area contributed by atoms with Gasteiger partial charge in [-0.2, -0.15) is 0 Å². The van der Waals surface area contributed by atoms with E-state index in [2.05, 4.69) is 9.98 Å². The van der Waals surface area contributed by atoms with Gasteiger partial charge in [0.2, 0.25) is 0 Å². The van der Waals surface area contributed by atoms with Gasteiger partial charge >= 0.3 is 7.40 Å². The zero-order chi connectivity index (χ0) is 18.5. The van der Waals surface area contributed by atoms with Crippen LogP contribution in [0.3, 0.4) is 0 Å². The molecule has 0 radical (unpaired) electrons. The van der Waals surface area contributed by atoms with Gasteiger partial charge in [-0.15, -0.1) is 0 Å². The van der Waals surface area contributed by atoms with E-state index in [9.17, 15) is 8.63 Å². The first-order valence-corrected chi connectivity index (χ1v) is 8.27. The Hall–Kier alpha value is -3.02. The van der Waals surface area contributed by atoms with Crippen LogP contribution < -0.4 is 5.49 Å². The predicted molar refractivity (Wildman–Crippen MR) is 104 cm³/mol. The number of allylic oxidation sites excluding steroid dienone is 1. The Labute approximate surface area is 151 Å². The molecule has 0 spiro atoms. The van der Waals surface area contributed by atoms with Crippen molar-refractivity contribution in [3.05, 3.63) is 83.5 Å². The van der Waals surface area contributed by atoms with Gasteiger partial charge in [-0.3, -0.25) is 13.6 Å². The second-order valence-corrected chi connectivity index (χ2v) is 5.66. The van der Waals surface area contributed by atoms with Gasteiger partial charge in [-0.1, -0.05) is 60.7 Å². The highest BCUT2D eigenvalue weighted by atomic mass is 19.2. The molecule has 2 aromatic carbocycles. The van der Waals surface area contributed by atoms with Crippen molar-refractivity contribution in [3.63, 3.8) is 0 Å². The van der Waals surface area contributed by atoms with E-state index in [0.29, 0.717) is 11.2 Å². The molecule has 0 aliphatic rings. The summed E-state index contributed by atoms with van der Waals surface area (Å²) in [7, 11) is -1.08. The van der Waals surface area contributed by atoms with Gasteiger partial charge < -0.3 is 4.48 Å². The van der Waals surface area contributed by atoms with Gasteiger partial charge in [0.1, 0.15) is 5.49 Å². The van der Waals surface area contributed by atoms with Crippen LogP contribution in [-0.2, 0) is 0 Å². The monoisotopic (exact) mass is 349 g/mol. The van der Waals surface area contributed by atoms with Gasteiger partial charge in [-0.05, 0) is 30.1 Å². The number of aromatic nitrogens is 1. The molecule has 3 rings (SSSR count). The Kier molecular flexibility index (Phi) is 5.41. The smallest absolute Gasteiger partial charge is 0.316 e. The third kappa shape index (κ3) is 3.49. The molecule has 6 heteroatoms. The minimum atomic E-state index is -2.69. The number of fused-ring (bicyclic) bond motifs is 1. The minimum absolute atomic E-state index is 0.189. The zero-order valence-electron chi connectivity index (χ0n) is 14.6. The van der Waals surface area contributed by atoms with Crippen LogP contribution in [0, 0.1) is 0 Å². The number of amidine groups is 1. The molecule has 3 aromatic rings. The van der Waals surface area contributed by atoms with E-state index in [0.717, 1.165) is 21.0 Å². The summed E-state index contributed by atoms with van der Waals surface area (Å²) < 4.78 is 28.0. The number of hydrogen-bond acceptors (Lipinski definition) is 1. The lowest BCUT2D eigenvalue weighted by Gasteiger charge is -2.09. The summed E-state index contributed by atoms with van der Waals surface area (Å²) in [5.74, 6) is 0.407. The fraction of sp³-hybridized carbons (Fsp3) is 0.100. The first-order valence-electron chi connectivity index (χ1n) is 8.27. The van der Waals surface area contributed by atoms with Crippen LogP contribution in [-0.4, -0.2) is 24.8 Å². The third-order valence-electron chi connectivity index (χ3n) is 4.04. The highest BCUT2D eigenvalue weighted by molar-refractivity contribution is 6.40. The van der Waals surface area contributed by atoms with Gasteiger partial charge in [0.25, 0.3) is 0 Å². The number of halogens is 2. The number of aliphatic imine (C=N–C) groups is 1. The highest BCUT2D eigenvalue weighted by Gasteiger charge is 2.18. The number of rotatable bonds is 3. The van der Waals surface area contributed by atoms with Gasteiger partial charge in [0.15, 0.2) is 5.84 Å². The fourth-order valence-corrected chi connectivity index (χ4v) is 2.85. The van der Waals surface area contributed by atoms with Crippen LogP contribution in [0.2, 0.25) is 0 Å². The van der Waals surface area contributed by atoms with E-state index in [1.165, 1.54) is 6.20 Å². The zero-order valence-corrected chi connectivity index (χ0v) is 14.6. The number of hydrogen-bond donors (Lipinski definition) is 0. The standard InChI is InChI=1S/C20H18BF2N3/c1-3-8-15-9-4-6-11-17(15)19(24-2)25-20-18-12-7-5-10-16(18)13-14-26(20)21(22)23/h3-14H,1-2H3/b8-3-,24-19-,25-20-. The maximum absolute atomic E-state index is 13.6. The normalized spacial score (nSPS) is 12.9. The largest absolute Gasteiger partial charge is 0.678 e. The van der Waals surface area contributed by atoms with Crippen LogP contribution in [0.15, 0.2) is 76.9 Å². The van der Waals surface area contributed by atoms with Crippen molar-refractivity contribution in [2.24, 2.45) is 9.98 Å². The first-order chi connectivity index (χ1) is 12.7. The average molecular weight is 349 g/mol. The Balaban J connectivity index is 2.31. The Bertz CT molecular complexity index is 1050. The lowest BCUT2D eigenvalue weighted by atomic mass is 10.1. The van der Waals surface area contributed by atoms with E-state index in [4.69, 9.17) is 0 Å². The number of benzene rings is 2. The van der Waals surface area contributed by atoms with E-state index in [1.807, 2.05) is 61.5 Å². The SMILES string of the molecule is C/C=C\c1ccccc1C(=N/C)/N=c1/c2ccccc2ccn1B(F)F. The molecule has 0 saturated heterocycles. The van der Waals surface area contributed by atoms with Crippen LogP contribution in [0.25, 0.3) is 16.8 Å². The van der Waals surface area contributed by atoms with Crippen molar-refractivity contribution in [3.8, 4) is 0 Å². The van der Waals surface area contributed by atoms with Crippen molar-refractivity contribution in [2.75, 3.05) is 7.05 Å². The van der Waals surface area contributed by atoms with E-state index in [1.54, 1.807) is 19.2 Å². The maximum atomic E-state index is 13.6. The number of pyridine rings is 1. The Morgan fingerprint density at radius 1 is 1.04 bits per heavy atom. The van der Waals surface area contributed by atoms with E-state index < -0.39 is 7.40 Å². The van der Waals surface area contributed by atoms with Crippen LogP contribution in [0.1, 0.15) is 18.1 Å². The molecule has 0 N–H and O–H groups in total. The quantitative estimate of drug-likeness (QED) is 0.381. The van der Waals surface area contributed by atoms with Crippen LogP contribution >= 0.6 is 0 Å². The summed E-state index contributed by atoms with van der Waals surface area (Å²) in [6.07, 6.45) is 5.22. The Morgan fingerprint density at radius 2 is 1.77 bits per heavy atom. The lowest BCUT2D eigenvalue weighted by Crippen LogP contribution is -2.30. The molecule has 0 aliphatic heterocycles. The van der Waals surface area contributed by atoms with Gasteiger partial charge in [-0.25, -0.2) is 4.99 Å². The molecule has 0 aliphatic carbocycles.